The van der Waals surface area contributed by atoms with Crippen LogP contribution in [-0.4, -0.2) is 97.9 Å². The van der Waals surface area contributed by atoms with Gasteiger partial charge in [-0.05, 0) is 60.8 Å². The molecule has 2 spiro atoms. The third-order valence-electron chi connectivity index (χ3n) is 8.36. The number of likely N-dealkylation sites (tertiary alicyclic amines) is 2. The number of carbonyl (C=O) groups is 1. The highest BCUT2D eigenvalue weighted by Crippen LogP contribution is 2.42. The molecule has 4 fully saturated rings. The van der Waals surface area contributed by atoms with Gasteiger partial charge in [0, 0.05) is 68.4 Å². The molecule has 4 aliphatic heterocycles. The number of aromatic nitrogens is 2. The second-order valence-electron chi connectivity index (χ2n) is 13.4. The van der Waals surface area contributed by atoms with Crippen LogP contribution in [-0.2, 0) is 4.74 Å². The fraction of sp³-hybridized carbons (Fsp3) is 0.621. The van der Waals surface area contributed by atoms with Crippen molar-refractivity contribution >= 4 is 52.3 Å². The third-order valence-corrected chi connectivity index (χ3v) is 8.98. The lowest BCUT2D eigenvalue weighted by molar-refractivity contribution is 0.0636. The van der Waals surface area contributed by atoms with Crippen LogP contribution >= 0.6 is 23.2 Å². The predicted molar refractivity (Wildman–Crippen MR) is 166 cm³/mol. The van der Waals surface area contributed by atoms with Gasteiger partial charge in [-0.15, -0.1) is 0 Å². The van der Waals surface area contributed by atoms with Crippen molar-refractivity contribution in [1.82, 2.24) is 19.8 Å². The van der Waals surface area contributed by atoms with Gasteiger partial charge in [-0.3, -0.25) is 5.32 Å². The van der Waals surface area contributed by atoms with Crippen molar-refractivity contribution in [3.8, 4) is 0 Å². The van der Waals surface area contributed by atoms with E-state index < -0.39 is 11.7 Å². The lowest BCUT2D eigenvalue weighted by Crippen LogP contribution is -2.57. The van der Waals surface area contributed by atoms with E-state index >= 15 is 0 Å². The van der Waals surface area contributed by atoms with Gasteiger partial charge in [-0.1, -0.05) is 23.2 Å². The zero-order valence-electron chi connectivity index (χ0n) is 24.7. The molecule has 3 N–H and O–H groups in total. The summed E-state index contributed by atoms with van der Waals surface area (Å²) in [5.74, 6) is 1.79. The van der Waals surface area contributed by atoms with Crippen LogP contribution in [0.4, 0.5) is 27.8 Å². The Labute approximate surface area is 253 Å². The zero-order chi connectivity index (χ0) is 29.6. The van der Waals surface area contributed by atoms with Crippen molar-refractivity contribution in [1.29, 1.82) is 0 Å². The van der Waals surface area contributed by atoms with E-state index in [9.17, 15) is 4.79 Å². The van der Waals surface area contributed by atoms with Crippen LogP contribution in [0.15, 0.2) is 24.5 Å². The number of hydrogen-bond acceptors (Lipinski definition) is 9. The summed E-state index contributed by atoms with van der Waals surface area (Å²) >= 11 is 12.0. The number of halogens is 2. The summed E-state index contributed by atoms with van der Waals surface area (Å²) in [5, 5.41) is 3.65. The fourth-order valence-corrected chi connectivity index (χ4v) is 6.66. The third kappa shape index (κ3) is 6.93. The van der Waals surface area contributed by atoms with Crippen molar-refractivity contribution in [3.63, 3.8) is 0 Å². The number of nitrogens with zero attached hydrogens (tertiary/aromatic N) is 6. The first kappa shape index (κ1) is 29.9. The molecule has 10 nitrogen and oxygen atoms in total. The number of nitrogen functional groups attached to an aromatic ring is 1. The minimum absolute atomic E-state index is 0.398. The number of nitrogens with two attached hydrogens (primary N) is 1. The largest absolute Gasteiger partial charge is 0.444 e. The Hall–Kier alpha value is -2.53. The van der Waals surface area contributed by atoms with Crippen molar-refractivity contribution in [3.05, 3.63) is 34.6 Å². The first-order chi connectivity index (χ1) is 19.2. The molecule has 2 aromatic rings. The van der Waals surface area contributed by atoms with Crippen molar-refractivity contribution in [2.45, 2.75) is 39.2 Å². The van der Waals surface area contributed by atoms with E-state index in [0.717, 1.165) is 50.9 Å². The van der Waals surface area contributed by atoms with E-state index in [1.54, 1.807) is 12.4 Å². The summed E-state index contributed by atoms with van der Waals surface area (Å²) in [6, 6.07) is 3.69. The van der Waals surface area contributed by atoms with Crippen LogP contribution in [0, 0.1) is 10.8 Å². The Balaban J connectivity index is 0.000000174. The zero-order valence-corrected chi connectivity index (χ0v) is 26.2. The van der Waals surface area contributed by atoms with Gasteiger partial charge < -0.3 is 30.1 Å². The van der Waals surface area contributed by atoms with Crippen molar-refractivity contribution in [2.24, 2.45) is 10.8 Å². The van der Waals surface area contributed by atoms with Crippen LogP contribution in [0.5, 0.6) is 0 Å². The highest BCUT2D eigenvalue weighted by Gasteiger charge is 2.48. The normalized spacial score (nSPS) is 21.3. The molecule has 0 saturated carbocycles. The Morgan fingerprint density at radius 2 is 1.37 bits per heavy atom. The van der Waals surface area contributed by atoms with E-state index in [0.29, 0.717) is 32.3 Å². The quantitative estimate of drug-likeness (QED) is 0.516. The summed E-state index contributed by atoms with van der Waals surface area (Å²) in [6.45, 7) is 14.4. The number of nitrogens with one attached hydrogen (secondary N) is 1. The second-order valence-corrected chi connectivity index (χ2v) is 14.2. The van der Waals surface area contributed by atoms with Gasteiger partial charge in [-0.2, -0.15) is 0 Å². The van der Waals surface area contributed by atoms with Crippen LogP contribution in [0.1, 0.15) is 33.6 Å². The molecule has 12 heteroatoms. The Morgan fingerprint density at radius 1 is 0.878 bits per heavy atom. The van der Waals surface area contributed by atoms with Crippen molar-refractivity contribution in [2.75, 3.05) is 87.3 Å². The van der Waals surface area contributed by atoms with Gasteiger partial charge in [0.1, 0.15) is 17.2 Å². The molecule has 6 heterocycles. The van der Waals surface area contributed by atoms with Crippen LogP contribution < -0.4 is 20.9 Å². The Kier molecular flexibility index (Phi) is 8.24. The maximum absolute atomic E-state index is 12.0. The highest BCUT2D eigenvalue weighted by atomic mass is 35.5. The van der Waals surface area contributed by atoms with E-state index in [-0.39, 0.29) is 0 Å². The summed E-state index contributed by atoms with van der Waals surface area (Å²) in [6.07, 6.45) is 5.23. The molecule has 6 rings (SSSR count). The molecule has 0 atom stereocenters. The minimum atomic E-state index is -0.551. The molecule has 0 bridgehead atoms. The maximum atomic E-state index is 12.0. The molecule has 0 aliphatic carbocycles. The van der Waals surface area contributed by atoms with Gasteiger partial charge >= 0.3 is 6.09 Å². The lowest BCUT2D eigenvalue weighted by atomic mass is 9.79. The van der Waals surface area contributed by atoms with E-state index in [1.165, 1.54) is 25.9 Å². The molecule has 0 radical (unpaired) electrons. The molecule has 4 aliphatic rings. The molecule has 0 unspecified atom stereocenters. The summed E-state index contributed by atoms with van der Waals surface area (Å²) < 4.78 is 5.28. The topological polar surface area (TPSA) is 103 Å². The maximum Gasteiger partial charge on any atom is 0.412 e. The van der Waals surface area contributed by atoms with Crippen LogP contribution in [0.2, 0.25) is 10.0 Å². The molecular weight excluding hydrogens is 563 g/mol. The van der Waals surface area contributed by atoms with E-state index in [4.69, 9.17) is 33.7 Å². The average Bonchev–Trinajstić information content (AvgIpc) is 3.43. The first-order valence-corrected chi connectivity index (χ1v) is 14.9. The SMILES string of the molecule is CN1CCC2(C1)CN(c1cc(N)c(Cl)cn1)C2.CN1CCC2(C1)CN(c1cc(NC(=O)OC(C)(C)C)c(Cl)cn1)C2. The minimum Gasteiger partial charge on any atom is -0.444 e. The Bertz CT molecular complexity index is 1270. The summed E-state index contributed by atoms with van der Waals surface area (Å²) in [4.78, 5) is 30.0. The Morgan fingerprint density at radius 3 is 1.80 bits per heavy atom. The first-order valence-electron chi connectivity index (χ1n) is 14.2. The molecular formula is C29H42Cl2N8O2. The molecule has 1 amide bonds. The average molecular weight is 606 g/mol. The number of ether oxygens (including phenoxy) is 1. The van der Waals surface area contributed by atoms with Crippen molar-refractivity contribution < 1.29 is 9.53 Å². The molecule has 4 saturated heterocycles. The van der Waals surface area contributed by atoms with Gasteiger partial charge in [0.2, 0.25) is 0 Å². The van der Waals surface area contributed by atoms with Gasteiger partial charge in [0.05, 0.1) is 27.6 Å². The van der Waals surface area contributed by atoms with Gasteiger partial charge in [0.15, 0.2) is 0 Å². The van der Waals surface area contributed by atoms with Gasteiger partial charge in [0.25, 0.3) is 0 Å². The second kappa shape index (κ2) is 11.3. The molecule has 41 heavy (non-hydrogen) atoms. The molecule has 224 valence electrons. The highest BCUT2D eigenvalue weighted by molar-refractivity contribution is 6.33. The van der Waals surface area contributed by atoms with Gasteiger partial charge in [-0.25, -0.2) is 14.8 Å². The fourth-order valence-electron chi connectivity index (χ4n) is 6.41. The summed E-state index contributed by atoms with van der Waals surface area (Å²) in [7, 11) is 4.36. The number of pyridine rings is 2. The van der Waals surface area contributed by atoms with Crippen LogP contribution in [0.3, 0.4) is 0 Å². The smallest absolute Gasteiger partial charge is 0.412 e. The number of carbonyl (C=O) groups excluding carboxylic acids is 1. The molecule has 2 aromatic heterocycles. The lowest BCUT2D eigenvalue weighted by Gasteiger charge is -2.48. The standard InChI is InChI=1S/C17H25ClN4O2.C12H17ClN4/c1-16(2,3)24-15(23)20-13-7-14(19-8-12(13)18)22-10-17(11-22)5-6-21(4)9-17;1-16-3-2-12(6-16)7-17(8-12)11-4-10(14)9(13)5-15-11/h7-8H,5-6,9-11H2,1-4H3,(H,19,20,23);4-5H,2-3,6-8H2,1H3,(H2,14,15). The predicted octanol–water partition coefficient (Wildman–Crippen LogP) is 4.68. The number of rotatable bonds is 3. The van der Waals surface area contributed by atoms with E-state index in [1.807, 2.05) is 32.9 Å². The number of anilines is 4. The van der Waals surface area contributed by atoms with E-state index in [2.05, 4.69) is 49.0 Å². The number of amides is 1. The number of hydrogen-bond donors (Lipinski definition) is 2. The molecule has 0 aromatic carbocycles. The monoisotopic (exact) mass is 604 g/mol. The summed E-state index contributed by atoms with van der Waals surface area (Å²) in [5.41, 5.74) is 7.28. The van der Waals surface area contributed by atoms with Crippen LogP contribution in [0.25, 0.3) is 0 Å².